The summed E-state index contributed by atoms with van der Waals surface area (Å²) < 4.78 is 1.04. The molecule has 0 atom stereocenters. The number of nitrogens with zero attached hydrogens (tertiary/aromatic N) is 1. The van der Waals surface area contributed by atoms with Gasteiger partial charge in [0.1, 0.15) is 0 Å². The second-order valence-electron chi connectivity index (χ2n) is 11.2. The quantitative estimate of drug-likeness (QED) is 0.234. The first-order chi connectivity index (χ1) is 21.2. The van der Waals surface area contributed by atoms with Gasteiger partial charge >= 0.3 is 0 Å². The van der Waals surface area contributed by atoms with Crippen LogP contribution in [0, 0.1) is 34.6 Å². The molecule has 0 unspecified atom stereocenters. The maximum absolute atomic E-state index is 4.15. The van der Waals surface area contributed by atoms with Crippen LogP contribution in [-0.2, 0) is 0 Å². The number of benzene rings is 4. The third kappa shape index (κ3) is 14.7. The molecule has 2 fully saturated rings. The molecule has 0 aliphatic carbocycles. The SMILES string of the molecule is C1CNCCN1.Cc1ccc(C)c(C)c1.Cc1ccc(Sc2ccccc2N2CC[NH2+]CC2)c(C)c1.Sc1ccccc1Br.[Br-]. The lowest BCUT2D eigenvalue weighted by Gasteiger charge is -2.29. The Morgan fingerprint density at radius 2 is 1.22 bits per heavy atom. The second kappa shape index (κ2) is 21.9. The predicted molar refractivity (Wildman–Crippen MR) is 198 cm³/mol. The number of anilines is 1. The Bertz CT molecular complexity index is 1390. The van der Waals surface area contributed by atoms with E-state index in [2.05, 4.69) is 145 Å². The highest BCUT2D eigenvalue weighted by Crippen LogP contribution is 2.37. The van der Waals surface area contributed by atoms with Crippen molar-refractivity contribution in [1.82, 2.24) is 10.6 Å². The molecule has 8 heteroatoms. The largest absolute Gasteiger partial charge is 1.00 e. The zero-order valence-corrected chi connectivity index (χ0v) is 32.3. The number of thiol groups is 1. The zero-order valence-electron chi connectivity index (χ0n) is 27.4. The van der Waals surface area contributed by atoms with Crippen LogP contribution in [0.4, 0.5) is 5.69 Å². The van der Waals surface area contributed by atoms with Crippen LogP contribution < -0.4 is 37.8 Å². The molecule has 4 aromatic carbocycles. The van der Waals surface area contributed by atoms with Gasteiger partial charge < -0.3 is 37.8 Å². The van der Waals surface area contributed by atoms with E-state index in [0.717, 1.165) is 48.6 Å². The molecule has 0 saturated carbocycles. The fourth-order valence-corrected chi connectivity index (χ4v) is 6.26. The topological polar surface area (TPSA) is 43.9 Å². The number of aryl methyl sites for hydroxylation is 5. The van der Waals surface area contributed by atoms with Crippen LogP contribution >= 0.6 is 40.3 Å². The summed E-state index contributed by atoms with van der Waals surface area (Å²) in [5, 5.41) is 8.84. The van der Waals surface area contributed by atoms with Crippen molar-refractivity contribution in [2.45, 2.75) is 49.3 Å². The Kier molecular flexibility index (Phi) is 19.2. The van der Waals surface area contributed by atoms with E-state index in [9.17, 15) is 0 Å². The second-order valence-corrected chi connectivity index (χ2v) is 13.7. The standard InChI is InChI=1S/C18H22N2S.C9H12.C6H5BrS.C4H10N2.BrH/c1-14-7-8-17(15(2)13-14)21-18-6-4-3-5-16(18)20-11-9-19-10-12-20;1-7-4-5-8(2)9(3)6-7;7-5-3-1-2-4-6(5)8;1-2-6-4-3-5-1;/h3-8,13,19H,9-12H2,1-2H3;4-6H,1-3H3;1-4,8H;5-6H,1-4H2;1H. The third-order valence-electron chi connectivity index (χ3n) is 7.43. The molecular weight excluding hydrogens is 724 g/mol. The van der Waals surface area contributed by atoms with Gasteiger partial charge in [-0.1, -0.05) is 77.5 Å². The molecule has 244 valence electrons. The van der Waals surface area contributed by atoms with Crippen molar-refractivity contribution >= 4 is 46.0 Å². The van der Waals surface area contributed by atoms with Crippen LogP contribution in [0.25, 0.3) is 0 Å². The summed E-state index contributed by atoms with van der Waals surface area (Å²) in [4.78, 5) is 6.22. The first kappa shape index (κ1) is 39.4. The van der Waals surface area contributed by atoms with E-state index in [0.29, 0.717) is 0 Å². The smallest absolute Gasteiger partial charge is 0.0934 e. The van der Waals surface area contributed by atoms with Crippen LogP contribution in [0.2, 0.25) is 0 Å². The fraction of sp³-hybridized carbons (Fsp3) is 0.351. The number of nitrogens with one attached hydrogen (secondary N) is 2. The van der Waals surface area contributed by atoms with Gasteiger partial charge in [0.15, 0.2) is 0 Å². The van der Waals surface area contributed by atoms with E-state index >= 15 is 0 Å². The van der Waals surface area contributed by atoms with E-state index in [-0.39, 0.29) is 17.0 Å². The average Bonchev–Trinajstić information content (AvgIpc) is 3.04. The van der Waals surface area contributed by atoms with E-state index < -0.39 is 0 Å². The minimum atomic E-state index is 0. The number of nitrogens with two attached hydrogens (primary N) is 1. The highest BCUT2D eigenvalue weighted by atomic mass is 79.9. The summed E-state index contributed by atoms with van der Waals surface area (Å²) in [6, 6.07) is 29.8. The van der Waals surface area contributed by atoms with Crippen molar-refractivity contribution in [3.05, 3.63) is 117 Å². The number of piperazine rings is 2. The summed E-state index contributed by atoms with van der Waals surface area (Å²) in [6.07, 6.45) is 0. The Balaban J connectivity index is 0.000000242. The first-order valence-corrected chi connectivity index (χ1v) is 17.6. The van der Waals surface area contributed by atoms with Gasteiger partial charge in [0.05, 0.1) is 31.9 Å². The molecule has 0 bridgehead atoms. The number of rotatable bonds is 3. The lowest BCUT2D eigenvalue weighted by Crippen LogP contribution is -3.00. The number of hydrogen-bond donors (Lipinski definition) is 4. The van der Waals surface area contributed by atoms with Crippen molar-refractivity contribution in [2.24, 2.45) is 0 Å². The molecule has 4 nitrogen and oxygen atoms in total. The predicted octanol–water partition coefficient (Wildman–Crippen LogP) is 4.37. The van der Waals surface area contributed by atoms with Gasteiger partial charge in [0.2, 0.25) is 0 Å². The van der Waals surface area contributed by atoms with Gasteiger partial charge in [-0.05, 0) is 97.6 Å². The molecule has 2 heterocycles. The van der Waals surface area contributed by atoms with Crippen molar-refractivity contribution in [2.75, 3.05) is 57.3 Å². The molecule has 0 amide bonds. The van der Waals surface area contributed by atoms with Crippen LogP contribution in [-0.4, -0.2) is 52.4 Å². The molecule has 4 aromatic rings. The number of quaternary nitrogens is 1. The molecule has 0 radical (unpaired) electrons. The molecule has 2 saturated heterocycles. The number of hydrogen-bond acceptors (Lipinski definition) is 5. The van der Waals surface area contributed by atoms with Crippen molar-refractivity contribution in [3.63, 3.8) is 0 Å². The summed E-state index contributed by atoms with van der Waals surface area (Å²) in [5.74, 6) is 0. The minimum Gasteiger partial charge on any atom is -1.00 e. The highest BCUT2D eigenvalue weighted by molar-refractivity contribution is 9.10. The molecule has 0 spiro atoms. The van der Waals surface area contributed by atoms with Gasteiger partial charge in [-0.2, -0.15) is 0 Å². The van der Waals surface area contributed by atoms with Crippen molar-refractivity contribution < 1.29 is 22.3 Å². The molecule has 0 aromatic heterocycles. The molecule has 45 heavy (non-hydrogen) atoms. The Hall–Kier alpha value is -1.78. The molecule has 2 aliphatic heterocycles. The van der Waals surface area contributed by atoms with Crippen molar-refractivity contribution in [1.29, 1.82) is 0 Å². The Morgan fingerprint density at radius 1 is 0.667 bits per heavy atom. The molecule has 4 N–H and O–H groups in total. The summed E-state index contributed by atoms with van der Waals surface area (Å²) >= 11 is 9.36. The first-order valence-electron chi connectivity index (χ1n) is 15.5. The summed E-state index contributed by atoms with van der Waals surface area (Å²) in [5.41, 5.74) is 8.18. The Labute approximate surface area is 300 Å². The third-order valence-corrected chi connectivity index (χ3v) is 10.1. The van der Waals surface area contributed by atoms with Crippen LogP contribution in [0.3, 0.4) is 0 Å². The molecular formula is C37H50Br2N4S2. The fourth-order valence-electron chi connectivity index (χ4n) is 4.77. The normalized spacial score (nSPS) is 13.9. The Morgan fingerprint density at radius 3 is 1.73 bits per heavy atom. The maximum Gasteiger partial charge on any atom is 0.0934 e. The minimum absolute atomic E-state index is 0. The number of para-hydroxylation sites is 1. The zero-order chi connectivity index (χ0) is 31.7. The van der Waals surface area contributed by atoms with E-state index in [1.165, 1.54) is 56.4 Å². The van der Waals surface area contributed by atoms with Gasteiger partial charge in [0, 0.05) is 45.3 Å². The molecule has 6 rings (SSSR count). The van der Waals surface area contributed by atoms with Crippen LogP contribution in [0.5, 0.6) is 0 Å². The van der Waals surface area contributed by atoms with Crippen LogP contribution in [0.1, 0.15) is 27.8 Å². The maximum atomic E-state index is 4.15. The van der Waals surface area contributed by atoms with E-state index in [1.807, 2.05) is 36.0 Å². The van der Waals surface area contributed by atoms with Crippen molar-refractivity contribution in [3.8, 4) is 0 Å². The van der Waals surface area contributed by atoms with E-state index in [1.54, 1.807) is 0 Å². The van der Waals surface area contributed by atoms with Gasteiger partial charge in [-0.3, -0.25) is 0 Å². The number of halogens is 2. The average molecular weight is 775 g/mol. The van der Waals surface area contributed by atoms with E-state index in [4.69, 9.17) is 0 Å². The van der Waals surface area contributed by atoms with Crippen LogP contribution in [0.15, 0.2) is 104 Å². The molecule has 2 aliphatic rings. The van der Waals surface area contributed by atoms with Gasteiger partial charge in [-0.25, -0.2) is 0 Å². The summed E-state index contributed by atoms with van der Waals surface area (Å²) in [7, 11) is 0. The highest BCUT2D eigenvalue weighted by Gasteiger charge is 2.16. The lowest BCUT2D eigenvalue weighted by atomic mass is 10.1. The monoisotopic (exact) mass is 772 g/mol. The summed E-state index contributed by atoms with van der Waals surface area (Å²) in [6.45, 7) is 20.0. The van der Waals surface area contributed by atoms with Gasteiger partial charge in [0.25, 0.3) is 0 Å². The lowest BCUT2D eigenvalue weighted by molar-refractivity contribution is -0.655. The van der Waals surface area contributed by atoms with Gasteiger partial charge in [-0.15, -0.1) is 12.6 Å².